The molecule has 0 aromatic carbocycles. The Balaban J connectivity index is 2.04. The van der Waals surface area contributed by atoms with Gasteiger partial charge in [0.1, 0.15) is 5.60 Å². The highest BCUT2D eigenvalue weighted by atomic mass is 16.3. The van der Waals surface area contributed by atoms with E-state index in [4.69, 9.17) is 4.42 Å². The fourth-order valence-electron chi connectivity index (χ4n) is 1.72. The summed E-state index contributed by atoms with van der Waals surface area (Å²) in [6.07, 6.45) is 3.38. The third kappa shape index (κ3) is 4.47. The van der Waals surface area contributed by atoms with E-state index in [0.717, 1.165) is 5.56 Å². The van der Waals surface area contributed by atoms with E-state index >= 15 is 0 Å². The predicted molar refractivity (Wildman–Crippen MR) is 82.0 cm³/mol. The molecule has 2 aromatic rings. The zero-order valence-electron chi connectivity index (χ0n) is 12.8. The average Bonchev–Trinajstić information content (AvgIpc) is 2.94. The summed E-state index contributed by atoms with van der Waals surface area (Å²) in [4.78, 5) is 16.1. The van der Waals surface area contributed by atoms with Gasteiger partial charge in [-0.15, -0.1) is 0 Å². The summed E-state index contributed by atoms with van der Waals surface area (Å²) >= 11 is 0. The Morgan fingerprint density at radius 2 is 2.18 bits per heavy atom. The molecule has 2 rings (SSSR count). The van der Waals surface area contributed by atoms with Crippen molar-refractivity contribution >= 4 is 5.91 Å². The van der Waals surface area contributed by atoms with Crippen molar-refractivity contribution in [2.75, 3.05) is 0 Å². The molecule has 2 heterocycles. The van der Waals surface area contributed by atoms with Crippen molar-refractivity contribution in [3.63, 3.8) is 0 Å². The minimum Gasteiger partial charge on any atom is -0.443 e. The van der Waals surface area contributed by atoms with Crippen molar-refractivity contribution in [1.29, 1.82) is 0 Å². The van der Waals surface area contributed by atoms with E-state index in [0.29, 0.717) is 5.76 Å². The molecule has 1 amide bonds. The second-order valence-corrected chi connectivity index (χ2v) is 5.45. The van der Waals surface area contributed by atoms with Crippen LogP contribution in [0.15, 0.2) is 41.1 Å². The van der Waals surface area contributed by atoms with Gasteiger partial charge in [-0.25, -0.2) is 0 Å². The van der Waals surface area contributed by atoms with Crippen LogP contribution in [-0.4, -0.2) is 21.6 Å². The SMILES string of the molecule is C[C@H](NC(=O)c1ccc(C#CC(C)(C)O)o1)c1cccnc1. The van der Waals surface area contributed by atoms with Crippen molar-refractivity contribution in [3.05, 3.63) is 53.7 Å². The number of nitrogens with zero attached hydrogens (tertiary/aromatic N) is 1. The van der Waals surface area contributed by atoms with Crippen LogP contribution >= 0.6 is 0 Å². The molecule has 2 N–H and O–H groups in total. The first-order valence-corrected chi connectivity index (χ1v) is 6.91. The summed E-state index contributed by atoms with van der Waals surface area (Å²) in [6.45, 7) is 5.02. The molecule has 2 aromatic heterocycles. The number of hydrogen-bond acceptors (Lipinski definition) is 4. The highest BCUT2D eigenvalue weighted by Crippen LogP contribution is 2.13. The predicted octanol–water partition coefficient (Wildman–Crippen LogP) is 2.29. The van der Waals surface area contributed by atoms with Crippen molar-refractivity contribution in [2.45, 2.75) is 32.4 Å². The molecule has 0 aliphatic rings. The number of aliphatic hydroxyl groups is 1. The molecule has 0 saturated carbocycles. The van der Waals surface area contributed by atoms with E-state index in [1.807, 2.05) is 19.1 Å². The molecular weight excluding hydrogens is 280 g/mol. The summed E-state index contributed by atoms with van der Waals surface area (Å²) in [5, 5.41) is 12.4. The maximum atomic E-state index is 12.1. The first-order chi connectivity index (χ1) is 10.3. The summed E-state index contributed by atoms with van der Waals surface area (Å²) < 4.78 is 5.37. The van der Waals surface area contributed by atoms with Crippen LogP contribution < -0.4 is 5.32 Å². The third-order valence-corrected chi connectivity index (χ3v) is 2.85. The van der Waals surface area contributed by atoms with Gasteiger partial charge in [0.2, 0.25) is 0 Å². The Morgan fingerprint density at radius 3 is 2.82 bits per heavy atom. The molecule has 0 aliphatic carbocycles. The molecule has 0 fully saturated rings. The summed E-state index contributed by atoms with van der Waals surface area (Å²) in [7, 11) is 0. The Morgan fingerprint density at radius 1 is 1.41 bits per heavy atom. The van der Waals surface area contributed by atoms with Gasteiger partial charge in [0.15, 0.2) is 11.5 Å². The summed E-state index contributed by atoms with van der Waals surface area (Å²) in [6, 6.07) is 6.68. The second-order valence-electron chi connectivity index (χ2n) is 5.45. The molecule has 1 atom stereocenters. The number of furan rings is 1. The van der Waals surface area contributed by atoms with Gasteiger partial charge in [-0.1, -0.05) is 12.0 Å². The van der Waals surface area contributed by atoms with E-state index in [-0.39, 0.29) is 17.7 Å². The van der Waals surface area contributed by atoms with Crippen molar-refractivity contribution in [3.8, 4) is 11.8 Å². The van der Waals surface area contributed by atoms with Gasteiger partial charge in [-0.05, 0) is 50.5 Å². The lowest BCUT2D eigenvalue weighted by Crippen LogP contribution is -2.26. The Bertz CT molecular complexity index is 703. The number of pyridine rings is 1. The lowest BCUT2D eigenvalue weighted by molar-refractivity contribution is 0.0911. The van der Waals surface area contributed by atoms with Crippen LogP contribution in [0.25, 0.3) is 0 Å². The molecule has 0 aliphatic heterocycles. The van der Waals surface area contributed by atoms with E-state index in [1.165, 1.54) is 0 Å². The topological polar surface area (TPSA) is 75.4 Å². The molecule has 114 valence electrons. The van der Waals surface area contributed by atoms with Gasteiger partial charge in [0.05, 0.1) is 6.04 Å². The van der Waals surface area contributed by atoms with Crippen molar-refractivity contribution < 1.29 is 14.3 Å². The molecule has 0 spiro atoms. The minimum atomic E-state index is -1.11. The largest absolute Gasteiger partial charge is 0.443 e. The van der Waals surface area contributed by atoms with Crippen molar-refractivity contribution in [1.82, 2.24) is 10.3 Å². The van der Waals surface area contributed by atoms with Crippen LogP contribution in [0.5, 0.6) is 0 Å². The highest BCUT2D eigenvalue weighted by Gasteiger charge is 2.15. The van der Waals surface area contributed by atoms with E-state index in [1.54, 1.807) is 38.4 Å². The first-order valence-electron chi connectivity index (χ1n) is 6.91. The maximum Gasteiger partial charge on any atom is 0.287 e. The first kappa shape index (κ1) is 15.8. The normalized spacial score (nSPS) is 12.2. The van der Waals surface area contributed by atoms with Crippen LogP contribution in [0.2, 0.25) is 0 Å². The van der Waals surface area contributed by atoms with E-state index in [9.17, 15) is 9.90 Å². The lowest BCUT2D eigenvalue weighted by atomic mass is 10.1. The smallest absolute Gasteiger partial charge is 0.287 e. The second kappa shape index (κ2) is 6.46. The van der Waals surface area contributed by atoms with E-state index in [2.05, 4.69) is 22.1 Å². The zero-order chi connectivity index (χ0) is 16.2. The quantitative estimate of drug-likeness (QED) is 0.853. The average molecular weight is 298 g/mol. The number of carbonyl (C=O) groups is 1. The van der Waals surface area contributed by atoms with Gasteiger partial charge in [-0.3, -0.25) is 9.78 Å². The van der Waals surface area contributed by atoms with Gasteiger partial charge >= 0.3 is 0 Å². The number of amides is 1. The lowest BCUT2D eigenvalue weighted by Gasteiger charge is -2.12. The maximum absolute atomic E-state index is 12.1. The molecule has 5 heteroatoms. The zero-order valence-corrected chi connectivity index (χ0v) is 12.8. The number of hydrogen-bond donors (Lipinski definition) is 2. The van der Waals surface area contributed by atoms with Gasteiger partial charge < -0.3 is 14.8 Å². The molecule has 5 nitrogen and oxygen atoms in total. The fourth-order valence-corrected chi connectivity index (χ4v) is 1.72. The van der Waals surface area contributed by atoms with Crippen LogP contribution in [0.4, 0.5) is 0 Å². The van der Waals surface area contributed by atoms with Crippen molar-refractivity contribution in [2.24, 2.45) is 0 Å². The third-order valence-electron chi connectivity index (χ3n) is 2.85. The van der Waals surface area contributed by atoms with Gasteiger partial charge in [-0.2, -0.15) is 0 Å². The summed E-state index contributed by atoms with van der Waals surface area (Å²) in [5.41, 5.74) is -0.200. The Labute approximate surface area is 129 Å². The summed E-state index contributed by atoms with van der Waals surface area (Å²) in [5.74, 6) is 5.50. The molecular formula is C17H18N2O3. The molecule has 0 radical (unpaired) electrons. The Hall–Kier alpha value is -2.58. The molecule has 0 bridgehead atoms. The van der Waals surface area contributed by atoms with E-state index < -0.39 is 5.60 Å². The van der Waals surface area contributed by atoms with Gasteiger partial charge in [0, 0.05) is 12.4 Å². The fraction of sp³-hybridized carbons (Fsp3) is 0.294. The van der Waals surface area contributed by atoms with Crippen LogP contribution in [-0.2, 0) is 0 Å². The number of rotatable bonds is 3. The van der Waals surface area contributed by atoms with Crippen LogP contribution in [0, 0.1) is 11.8 Å². The van der Waals surface area contributed by atoms with Crippen LogP contribution in [0.1, 0.15) is 48.7 Å². The van der Waals surface area contributed by atoms with Gasteiger partial charge in [0.25, 0.3) is 5.91 Å². The van der Waals surface area contributed by atoms with Crippen LogP contribution in [0.3, 0.4) is 0 Å². The minimum absolute atomic E-state index is 0.177. The Kier molecular flexibility index (Phi) is 4.64. The highest BCUT2D eigenvalue weighted by molar-refractivity contribution is 5.91. The molecule has 22 heavy (non-hydrogen) atoms. The number of aromatic nitrogens is 1. The molecule has 0 unspecified atom stereocenters. The number of nitrogens with one attached hydrogen (secondary N) is 1. The monoisotopic (exact) mass is 298 g/mol. The number of carbonyl (C=O) groups excluding carboxylic acids is 1. The standard InChI is InChI=1S/C17H18N2O3/c1-12(13-5-4-10-18-11-13)19-16(20)15-7-6-14(22-15)8-9-17(2,3)21/h4-7,10-12,21H,1-3H3,(H,19,20)/t12-/m0/s1. The molecule has 0 saturated heterocycles.